The van der Waals surface area contributed by atoms with Crippen LogP contribution in [-0.2, 0) is 13.6 Å². The van der Waals surface area contributed by atoms with Crippen molar-refractivity contribution in [1.82, 2.24) is 14.7 Å². The molecule has 5 nitrogen and oxygen atoms in total. The Kier molecular flexibility index (Phi) is 4.16. The average Bonchev–Trinajstić information content (AvgIpc) is 2.66. The molecule has 3 N–H and O–H groups in total. The van der Waals surface area contributed by atoms with E-state index in [2.05, 4.69) is 36.2 Å². The summed E-state index contributed by atoms with van der Waals surface area (Å²) in [7, 11) is 1.93. The molecular weight excluding hydrogens is 238 g/mol. The molecule has 1 aliphatic heterocycles. The molecule has 0 amide bonds. The number of rotatable bonds is 4. The van der Waals surface area contributed by atoms with E-state index in [-0.39, 0.29) is 0 Å². The molecule has 0 saturated carbocycles. The number of aromatic nitrogens is 2. The molecule has 0 aliphatic carbocycles. The maximum Gasteiger partial charge on any atom is 0.142 e. The quantitative estimate of drug-likeness (QED) is 0.646. The van der Waals surface area contributed by atoms with Crippen LogP contribution >= 0.6 is 0 Å². The van der Waals surface area contributed by atoms with Crippen molar-refractivity contribution in [2.24, 2.45) is 18.3 Å². The van der Waals surface area contributed by atoms with E-state index in [4.69, 9.17) is 5.84 Å². The second kappa shape index (κ2) is 5.51. The van der Waals surface area contributed by atoms with Gasteiger partial charge in [0, 0.05) is 19.2 Å². The van der Waals surface area contributed by atoms with Crippen molar-refractivity contribution in [3.63, 3.8) is 0 Å². The Hall–Kier alpha value is -1.07. The highest BCUT2D eigenvalue weighted by molar-refractivity contribution is 5.46. The summed E-state index contributed by atoms with van der Waals surface area (Å²) in [6.45, 7) is 10.0. The Bertz CT molecular complexity index is 429. The SMILES string of the molecule is CCC1(C)CCN(Cc2c(C)nn(C)c2NN)CC1. The predicted octanol–water partition coefficient (Wildman–Crippen LogP) is 2.03. The van der Waals surface area contributed by atoms with Gasteiger partial charge in [-0.25, -0.2) is 5.84 Å². The van der Waals surface area contributed by atoms with Crippen LogP contribution in [0.15, 0.2) is 0 Å². The number of hydrogen-bond acceptors (Lipinski definition) is 4. The summed E-state index contributed by atoms with van der Waals surface area (Å²) in [5.74, 6) is 6.54. The third-order valence-corrected chi connectivity index (χ3v) is 4.78. The molecule has 1 aliphatic rings. The third-order valence-electron chi connectivity index (χ3n) is 4.78. The van der Waals surface area contributed by atoms with Crippen molar-refractivity contribution in [2.75, 3.05) is 18.5 Å². The molecule has 0 unspecified atom stereocenters. The Balaban J connectivity index is 2.03. The lowest BCUT2D eigenvalue weighted by Gasteiger charge is -2.39. The van der Waals surface area contributed by atoms with Crippen LogP contribution in [0.4, 0.5) is 5.82 Å². The van der Waals surface area contributed by atoms with Crippen molar-refractivity contribution in [3.8, 4) is 0 Å². The minimum atomic E-state index is 0.537. The molecule has 2 rings (SSSR count). The molecular formula is C14H27N5. The topological polar surface area (TPSA) is 59.1 Å². The second-order valence-electron chi connectivity index (χ2n) is 6.12. The minimum absolute atomic E-state index is 0.537. The number of nitrogens with one attached hydrogen (secondary N) is 1. The fourth-order valence-electron chi connectivity index (χ4n) is 2.90. The Morgan fingerprint density at radius 3 is 2.53 bits per heavy atom. The molecule has 1 fully saturated rings. The van der Waals surface area contributed by atoms with Crippen molar-refractivity contribution in [2.45, 2.75) is 46.6 Å². The van der Waals surface area contributed by atoms with Gasteiger partial charge in [-0.3, -0.25) is 9.58 Å². The van der Waals surface area contributed by atoms with Gasteiger partial charge in [0.1, 0.15) is 5.82 Å². The number of nitrogen functional groups attached to an aromatic ring is 1. The van der Waals surface area contributed by atoms with E-state index in [0.717, 1.165) is 18.1 Å². The number of hydrogen-bond donors (Lipinski definition) is 2. The molecule has 0 atom stereocenters. The highest BCUT2D eigenvalue weighted by Gasteiger charge is 2.29. The van der Waals surface area contributed by atoms with Crippen molar-refractivity contribution in [3.05, 3.63) is 11.3 Å². The summed E-state index contributed by atoms with van der Waals surface area (Å²) in [5.41, 5.74) is 5.61. The minimum Gasteiger partial charge on any atom is -0.308 e. The summed E-state index contributed by atoms with van der Waals surface area (Å²) >= 11 is 0. The molecule has 1 saturated heterocycles. The Morgan fingerprint density at radius 1 is 1.37 bits per heavy atom. The fourth-order valence-corrected chi connectivity index (χ4v) is 2.90. The Labute approximate surface area is 116 Å². The zero-order chi connectivity index (χ0) is 14.0. The second-order valence-corrected chi connectivity index (χ2v) is 6.12. The molecule has 108 valence electrons. The molecule has 0 aromatic carbocycles. The summed E-state index contributed by atoms with van der Waals surface area (Å²) in [6.07, 6.45) is 3.85. The van der Waals surface area contributed by atoms with Gasteiger partial charge in [-0.05, 0) is 38.3 Å². The number of likely N-dealkylation sites (tertiary alicyclic amines) is 1. The molecule has 1 aromatic rings. The van der Waals surface area contributed by atoms with E-state index < -0.39 is 0 Å². The van der Waals surface area contributed by atoms with Crippen molar-refractivity contribution < 1.29 is 0 Å². The van der Waals surface area contributed by atoms with E-state index in [0.29, 0.717) is 5.41 Å². The van der Waals surface area contributed by atoms with E-state index >= 15 is 0 Å². The number of hydrazine groups is 1. The highest BCUT2D eigenvalue weighted by Crippen LogP contribution is 2.34. The maximum atomic E-state index is 5.61. The molecule has 0 radical (unpaired) electrons. The van der Waals surface area contributed by atoms with Gasteiger partial charge in [-0.2, -0.15) is 5.10 Å². The largest absolute Gasteiger partial charge is 0.308 e. The lowest BCUT2D eigenvalue weighted by Crippen LogP contribution is -2.38. The summed E-state index contributed by atoms with van der Waals surface area (Å²) in [6, 6.07) is 0. The number of piperidine rings is 1. The van der Waals surface area contributed by atoms with E-state index in [9.17, 15) is 0 Å². The first-order valence-corrected chi connectivity index (χ1v) is 7.20. The van der Waals surface area contributed by atoms with Gasteiger partial charge in [-0.15, -0.1) is 0 Å². The zero-order valence-corrected chi connectivity index (χ0v) is 12.7. The van der Waals surface area contributed by atoms with Crippen LogP contribution < -0.4 is 11.3 Å². The number of anilines is 1. The van der Waals surface area contributed by atoms with Crippen molar-refractivity contribution >= 4 is 5.82 Å². The molecule has 5 heteroatoms. The van der Waals surface area contributed by atoms with E-state index in [1.807, 2.05) is 11.7 Å². The number of nitrogens with zero attached hydrogens (tertiary/aromatic N) is 3. The molecule has 0 bridgehead atoms. The van der Waals surface area contributed by atoms with Gasteiger partial charge in [0.25, 0.3) is 0 Å². The maximum absolute atomic E-state index is 5.61. The molecule has 0 spiro atoms. The van der Waals surface area contributed by atoms with Crippen LogP contribution in [0.25, 0.3) is 0 Å². The smallest absolute Gasteiger partial charge is 0.142 e. The third kappa shape index (κ3) is 2.92. The van der Waals surface area contributed by atoms with Gasteiger partial charge in [0.05, 0.1) is 5.69 Å². The molecule has 1 aromatic heterocycles. The lowest BCUT2D eigenvalue weighted by molar-refractivity contribution is 0.109. The van der Waals surface area contributed by atoms with Crippen molar-refractivity contribution in [1.29, 1.82) is 0 Å². The molecule has 19 heavy (non-hydrogen) atoms. The monoisotopic (exact) mass is 265 g/mol. The van der Waals surface area contributed by atoms with Crippen LogP contribution in [0.3, 0.4) is 0 Å². The Morgan fingerprint density at radius 2 is 2.00 bits per heavy atom. The zero-order valence-electron chi connectivity index (χ0n) is 12.7. The van der Waals surface area contributed by atoms with Crippen LogP contribution in [-0.4, -0.2) is 27.8 Å². The van der Waals surface area contributed by atoms with Crippen LogP contribution in [0.2, 0.25) is 0 Å². The highest BCUT2D eigenvalue weighted by atomic mass is 15.4. The number of nitrogens with two attached hydrogens (primary N) is 1. The van der Waals surface area contributed by atoms with Crippen LogP contribution in [0, 0.1) is 12.3 Å². The predicted molar refractivity (Wildman–Crippen MR) is 78.7 cm³/mol. The fraction of sp³-hybridized carbons (Fsp3) is 0.786. The standard InChI is InChI=1S/C14H27N5/c1-5-14(3)6-8-19(9-7-14)10-12-11(2)17-18(4)13(12)16-15/h16H,5-10,15H2,1-4H3. The van der Waals surface area contributed by atoms with Gasteiger partial charge < -0.3 is 5.43 Å². The van der Waals surface area contributed by atoms with Gasteiger partial charge in [-0.1, -0.05) is 20.3 Å². The first-order chi connectivity index (χ1) is 8.99. The van der Waals surface area contributed by atoms with Crippen LogP contribution in [0.5, 0.6) is 0 Å². The van der Waals surface area contributed by atoms with Gasteiger partial charge >= 0.3 is 0 Å². The van der Waals surface area contributed by atoms with Gasteiger partial charge in [0.15, 0.2) is 0 Å². The number of aryl methyl sites for hydroxylation is 2. The summed E-state index contributed by atoms with van der Waals surface area (Å²) in [5, 5.41) is 4.44. The normalized spacial score (nSPS) is 19.6. The van der Waals surface area contributed by atoms with Crippen LogP contribution in [0.1, 0.15) is 44.4 Å². The summed E-state index contributed by atoms with van der Waals surface area (Å²) < 4.78 is 1.82. The van der Waals surface area contributed by atoms with E-state index in [1.165, 1.54) is 37.9 Å². The first-order valence-electron chi connectivity index (χ1n) is 7.20. The van der Waals surface area contributed by atoms with Gasteiger partial charge in [0.2, 0.25) is 0 Å². The average molecular weight is 265 g/mol. The molecule has 2 heterocycles. The first kappa shape index (κ1) is 14.3. The summed E-state index contributed by atoms with van der Waals surface area (Å²) in [4.78, 5) is 2.52. The lowest BCUT2D eigenvalue weighted by atomic mass is 9.78. The van der Waals surface area contributed by atoms with E-state index in [1.54, 1.807) is 0 Å².